The SMILES string of the molecule is CCn1nc(CCC(=O)C(C)C)c2ccccc21. The lowest BCUT2D eigenvalue weighted by molar-refractivity contribution is -0.121. The number of carbonyl (C=O) groups excluding carboxylic acids is 1. The van der Waals surface area contributed by atoms with Crippen molar-refractivity contribution in [2.24, 2.45) is 5.92 Å². The number of aryl methyl sites for hydroxylation is 2. The predicted molar refractivity (Wildman–Crippen MR) is 73.6 cm³/mol. The second-order valence-corrected chi connectivity index (χ2v) is 4.90. The Morgan fingerprint density at radius 3 is 2.72 bits per heavy atom. The molecule has 0 N–H and O–H groups in total. The summed E-state index contributed by atoms with van der Waals surface area (Å²) in [7, 11) is 0. The van der Waals surface area contributed by atoms with Gasteiger partial charge in [-0.1, -0.05) is 32.0 Å². The fraction of sp³-hybridized carbons (Fsp3) is 0.467. The van der Waals surface area contributed by atoms with Gasteiger partial charge in [0.1, 0.15) is 5.78 Å². The Labute approximate surface area is 108 Å². The lowest BCUT2D eigenvalue weighted by Crippen LogP contribution is -2.08. The maximum atomic E-state index is 11.7. The molecular formula is C15H20N2O. The molecule has 0 radical (unpaired) electrons. The van der Waals surface area contributed by atoms with E-state index in [9.17, 15) is 4.79 Å². The zero-order valence-corrected chi connectivity index (χ0v) is 11.3. The summed E-state index contributed by atoms with van der Waals surface area (Å²) in [5.41, 5.74) is 2.20. The van der Waals surface area contributed by atoms with Crippen LogP contribution in [-0.2, 0) is 17.8 Å². The second-order valence-electron chi connectivity index (χ2n) is 4.90. The molecule has 1 aromatic carbocycles. The molecule has 0 unspecified atom stereocenters. The van der Waals surface area contributed by atoms with E-state index < -0.39 is 0 Å². The number of hydrogen-bond donors (Lipinski definition) is 0. The van der Waals surface area contributed by atoms with Gasteiger partial charge in [-0.25, -0.2) is 0 Å². The van der Waals surface area contributed by atoms with E-state index in [-0.39, 0.29) is 5.92 Å². The Kier molecular flexibility index (Phi) is 3.80. The quantitative estimate of drug-likeness (QED) is 0.809. The van der Waals surface area contributed by atoms with Crippen molar-refractivity contribution in [3.8, 4) is 0 Å². The Morgan fingerprint density at radius 1 is 1.33 bits per heavy atom. The molecule has 3 nitrogen and oxygen atoms in total. The van der Waals surface area contributed by atoms with Crippen LogP contribution in [0.25, 0.3) is 10.9 Å². The minimum Gasteiger partial charge on any atom is -0.299 e. The average molecular weight is 244 g/mol. The fourth-order valence-electron chi connectivity index (χ4n) is 2.15. The third kappa shape index (κ3) is 2.45. The molecule has 96 valence electrons. The lowest BCUT2D eigenvalue weighted by Gasteiger charge is -2.02. The summed E-state index contributed by atoms with van der Waals surface area (Å²) in [5, 5.41) is 5.78. The summed E-state index contributed by atoms with van der Waals surface area (Å²) in [6.07, 6.45) is 1.33. The second kappa shape index (κ2) is 5.34. The third-order valence-corrected chi connectivity index (χ3v) is 3.29. The van der Waals surface area contributed by atoms with Crippen molar-refractivity contribution in [3.05, 3.63) is 30.0 Å². The monoisotopic (exact) mass is 244 g/mol. The van der Waals surface area contributed by atoms with E-state index in [1.165, 1.54) is 5.39 Å². The van der Waals surface area contributed by atoms with Gasteiger partial charge in [0.2, 0.25) is 0 Å². The van der Waals surface area contributed by atoms with Crippen LogP contribution < -0.4 is 0 Å². The van der Waals surface area contributed by atoms with Gasteiger partial charge < -0.3 is 0 Å². The molecule has 0 fully saturated rings. The summed E-state index contributed by atoms with van der Waals surface area (Å²) < 4.78 is 2.00. The number of ketones is 1. The molecule has 2 rings (SSSR count). The first-order valence-corrected chi connectivity index (χ1v) is 6.60. The van der Waals surface area contributed by atoms with Gasteiger partial charge in [0.25, 0.3) is 0 Å². The van der Waals surface area contributed by atoms with Crippen LogP contribution in [0.15, 0.2) is 24.3 Å². The summed E-state index contributed by atoms with van der Waals surface area (Å²) >= 11 is 0. The smallest absolute Gasteiger partial charge is 0.135 e. The van der Waals surface area contributed by atoms with Crippen LogP contribution in [0.4, 0.5) is 0 Å². The number of fused-ring (bicyclic) bond motifs is 1. The van der Waals surface area contributed by atoms with E-state index in [0.29, 0.717) is 12.2 Å². The van der Waals surface area contributed by atoms with Crippen molar-refractivity contribution in [1.82, 2.24) is 9.78 Å². The first-order valence-electron chi connectivity index (χ1n) is 6.60. The van der Waals surface area contributed by atoms with Gasteiger partial charge in [-0.2, -0.15) is 5.10 Å². The van der Waals surface area contributed by atoms with Gasteiger partial charge >= 0.3 is 0 Å². The number of aromatic nitrogens is 2. The minimum absolute atomic E-state index is 0.115. The predicted octanol–water partition coefficient (Wildman–Crippen LogP) is 3.21. The third-order valence-electron chi connectivity index (χ3n) is 3.29. The van der Waals surface area contributed by atoms with Gasteiger partial charge in [0.05, 0.1) is 11.2 Å². The standard InChI is InChI=1S/C15H20N2O/c1-4-17-14-8-6-5-7-12(14)13(16-17)9-10-15(18)11(2)3/h5-8,11H,4,9-10H2,1-3H3. The van der Waals surface area contributed by atoms with Gasteiger partial charge in [-0.05, 0) is 19.4 Å². The summed E-state index contributed by atoms with van der Waals surface area (Å²) in [6.45, 7) is 6.84. The van der Waals surface area contributed by atoms with Gasteiger partial charge in [-0.15, -0.1) is 0 Å². The maximum Gasteiger partial charge on any atom is 0.135 e. The van der Waals surface area contributed by atoms with Gasteiger partial charge in [0, 0.05) is 24.3 Å². The van der Waals surface area contributed by atoms with Gasteiger partial charge in [-0.3, -0.25) is 9.48 Å². The summed E-state index contributed by atoms with van der Waals surface area (Å²) in [6, 6.07) is 8.22. The molecular weight excluding hydrogens is 224 g/mol. The first-order chi connectivity index (χ1) is 8.63. The lowest BCUT2D eigenvalue weighted by atomic mass is 10.0. The van der Waals surface area contributed by atoms with E-state index in [2.05, 4.69) is 24.2 Å². The number of carbonyl (C=O) groups is 1. The van der Waals surface area contributed by atoms with E-state index in [1.54, 1.807) is 0 Å². The molecule has 0 amide bonds. The zero-order chi connectivity index (χ0) is 13.1. The molecule has 1 heterocycles. The summed E-state index contributed by atoms with van der Waals surface area (Å²) in [5.74, 6) is 0.426. The van der Waals surface area contributed by atoms with Crippen molar-refractivity contribution < 1.29 is 4.79 Å². The van der Waals surface area contributed by atoms with Crippen LogP contribution in [0.2, 0.25) is 0 Å². The van der Waals surface area contributed by atoms with E-state index in [1.807, 2.05) is 30.7 Å². The Hall–Kier alpha value is -1.64. The van der Waals surface area contributed by atoms with E-state index >= 15 is 0 Å². The normalized spacial score (nSPS) is 11.3. The number of nitrogens with zero attached hydrogens (tertiary/aromatic N) is 2. The van der Waals surface area contributed by atoms with E-state index in [0.717, 1.165) is 24.2 Å². The number of benzene rings is 1. The zero-order valence-electron chi connectivity index (χ0n) is 11.3. The van der Waals surface area contributed by atoms with Crippen molar-refractivity contribution >= 4 is 16.7 Å². The molecule has 0 saturated carbocycles. The number of hydrogen-bond acceptors (Lipinski definition) is 2. The van der Waals surface area contributed by atoms with Crippen molar-refractivity contribution in [3.63, 3.8) is 0 Å². The molecule has 18 heavy (non-hydrogen) atoms. The van der Waals surface area contributed by atoms with Crippen LogP contribution in [0.5, 0.6) is 0 Å². The average Bonchev–Trinajstić information content (AvgIpc) is 2.74. The first kappa shape index (κ1) is 12.8. The maximum absolute atomic E-state index is 11.7. The molecule has 0 aliphatic carbocycles. The fourth-order valence-corrected chi connectivity index (χ4v) is 2.15. The van der Waals surface area contributed by atoms with Crippen molar-refractivity contribution in [1.29, 1.82) is 0 Å². The Balaban J connectivity index is 2.26. The van der Waals surface area contributed by atoms with Gasteiger partial charge in [0.15, 0.2) is 0 Å². The van der Waals surface area contributed by atoms with Crippen LogP contribution in [0, 0.1) is 5.92 Å². The highest BCUT2D eigenvalue weighted by Crippen LogP contribution is 2.20. The molecule has 2 aromatic rings. The highest BCUT2D eigenvalue weighted by atomic mass is 16.1. The molecule has 0 spiro atoms. The topological polar surface area (TPSA) is 34.9 Å². The number of para-hydroxylation sites is 1. The molecule has 0 bridgehead atoms. The van der Waals surface area contributed by atoms with Crippen LogP contribution >= 0.6 is 0 Å². The van der Waals surface area contributed by atoms with Crippen LogP contribution in [-0.4, -0.2) is 15.6 Å². The highest BCUT2D eigenvalue weighted by Gasteiger charge is 2.12. The number of Topliss-reactive ketones (excluding diaryl/α,β-unsaturated/α-hetero) is 1. The minimum atomic E-state index is 0.115. The molecule has 3 heteroatoms. The highest BCUT2D eigenvalue weighted by molar-refractivity contribution is 5.84. The summed E-state index contributed by atoms with van der Waals surface area (Å²) in [4.78, 5) is 11.7. The molecule has 0 saturated heterocycles. The van der Waals surface area contributed by atoms with Crippen molar-refractivity contribution in [2.45, 2.75) is 40.2 Å². The number of rotatable bonds is 5. The van der Waals surface area contributed by atoms with E-state index in [4.69, 9.17) is 0 Å². The molecule has 1 aromatic heterocycles. The molecule has 0 aliphatic rings. The van der Waals surface area contributed by atoms with Crippen molar-refractivity contribution in [2.75, 3.05) is 0 Å². The molecule has 0 aliphatic heterocycles. The van der Waals surface area contributed by atoms with Crippen LogP contribution in [0.1, 0.15) is 32.9 Å². The Bertz CT molecular complexity index is 555. The molecule has 0 atom stereocenters. The largest absolute Gasteiger partial charge is 0.299 e. The Morgan fingerprint density at radius 2 is 2.06 bits per heavy atom. The van der Waals surface area contributed by atoms with Crippen LogP contribution in [0.3, 0.4) is 0 Å².